The van der Waals surface area contributed by atoms with Crippen LogP contribution < -0.4 is 10.6 Å². The number of carboxylic acids is 1. The van der Waals surface area contributed by atoms with Crippen molar-refractivity contribution in [2.75, 3.05) is 13.1 Å². The van der Waals surface area contributed by atoms with E-state index >= 15 is 0 Å². The molecule has 3 atom stereocenters. The van der Waals surface area contributed by atoms with Crippen molar-refractivity contribution < 1.29 is 9.90 Å². The van der Waals surface area contributed by atoms with Gasteiger partial charge in [0.1, 0.15) is 0 Å². The highest BCUT2D eigenvalue weighted by Crippen LogP contribution is 2.31. The van der Waals surface area contributed by atoms with Crippen LogP contribution in [0.1, 0.15) is 39.5 Å². The van der Waals surface area contributed by atoms with Gasteiger partial charge in [0.25, 0.3) is 0 Å². The number of rotatable bonds is 4. The van der Waals surface area contributed by atoms with Crippen LogP contribution in [0, 0.1) is 11.8 Å². The van der Waals surface area contributed by atoms with Crippen molar-refractivity contribution in [2.45, 2.75) is 51.1 Å². The zero-order chi connectivity index (χ0) is 12.5. The van der Waals surface area contributed by atoms with Crippen LogP contribution in [-0.4, -0.2) is 35.7 Å². The summed E-state index contributed by atoms with van der Waals surface area (Å²) in [5, 5.41) is 15.8. The summed E-state index contributed by atoms with van der Waals surface area (Å²) in [4.78, 5) is 10.9. The van der Waals surface area contributed by atoms with E-state index in [1.54, 1.807) is 0 Å². The zero-order valence-corrected chi connectivity index (χ0v) is 10.8. The van der Waals surface area contributed by atoms with Gasteiger partial charge in [-0.1, -0.05) is 13.8 Å². The Morgan fingerprint density at radius 2 is 2.12 bits per heavy atom. The lowest BCUT2D eigenvalue weighted by Gasteiger charge is -2.47. The van der Waals surface area contributed by atoms with Gasteiger partial charge in [-0.15, -0.1) is 0 Å². The van der Waals surface area contributed by atoms with E-state index in [-0.39, 0.29) is 12.0 Å². The summed E-state index contributed by atoms with van der Waals surface area (Å²) in [6.07, 6.45) is 3.94. The fourth-order valence-electron chi connectivity index (χ4n) is 3.27. The molecule has 1 saturated heterocycles. The summed E-state index contributed by atoms with van der Waals surface area (Å²) in [5.41, 5.74) is -0.189. The molecule has 1 saturated carbocycles. The predicted octanol–water partition coefficient (Wildman–Crippen LogP) is 1.22. The molecule has 2 aliphatic rings. The van der Waals surface area contributed by atoms with Crippen LogP contribution in [0.3, 0.4) is 0 Å². The lowest BCUT2D eigenvalue weighted by Crippen LogP contribution is -2.71. The topological polar surface area (TPSA) is 61.4 Å². The van der Waals surface area contributed by atoms with Crippen LogP contribution in [0.5, 0.6) is 0 Å². The molecule has 98 valence electrons. The Bertz CT molecular complexity index is 289. The first-order chi connectivity index (χ1) is 8.01. The molecule has 1 heterocycles. The fraction of sp³-hybridized carbons (Fsp3) is 0.923. The molecule has 1 aliphatic carbocycles. The number of hydrogen-bond acceptors (Lipinski definition) is 3. The Morgan fingerprint density at radius 3 is 2.59 bits per heavy atom. The summed E-state index contributed by atoms with van der Waals surface area (Å²) in [5.74, 6) is 0.777. The second kappa shape index (κ2) is 4.94. The van der Waals surface area contributed by atoms with Crippen molar-refractivity contribution in [1.82, 2.24) is 10.6 Å². The zero-order valence-electron chi connectivity index (χ0n) is 10.8. The average molecular weight is 240 g/mol. The molecule has 2 rings (SSSR count). The molecule has 0 amide bonds. The van der Waals surface area contributed by atoms with E-state index in [9.17, 15) is 4.79 Å². The Morgan fingerprint density at radius 1 is 1.41 bits per heavy atom. The maximum Gasteiger partial charge on any atom is 0.305 e. The van der Waals surface area contributed by atoms with E-state index in [1.165, 1.54) is 19.3 Å². The first kappa shape index (κ1) is 12.8. The van der Waals surface area contributed by atoms with Gasteiger partial charge in [0, 0.05) is 19.1 Å². The minimum absolute atomic E-state index is 0.189. The van der Waals surface area contributed by atoms with Crippen LogP contribution in [0.15, 0.2) is 0 Å². The van der Waals surface area contributed by atoms with Gasteiger partial charge in [-0.3, -0.25) is 4.79 Å². The lowest BCUT2D eigenvalue weighted by atomic mass is 9.77. The molecule has 4 heteroatoms. The molecule has 0 radical (unpaired) electrons. The van der Waals surface area contributed by atoms with E-state index < -0.39 is 5.97 Å². The van der Waals surface area contributed by atoms with Gasteiger partial charge in [0.05, 0.1) is 12.0 Å². The molecule has 0 aromatic carbocycles. The van der Waals surface area contributed by atoms with Crippen LogP contribution in [0.2, 0.25) is 0 Å². The Kier molecular flexibility index (Phi) is 3.73. The molecule has 3 unspecified atom stereocenters. The first-order valence-electron chi connectivity index (χ1n) is 6.71. The maximum absolute atomic E-state index is 10.9. The van der Waals surface area contributed by atoms with Gasteiger partial charge in [-0.25, -0.2) is 0 Å². The third kappa shape index (κ3) is 2.99. The van der Waals surface area contributed by atoms with Crippen molar-refractivity contribution in [2.24, 2.45) is 11.8 Å². The third-order valence-electron chi connectivity index (χ3n) is 4.34. The maximum atomic E-state index is 10.9. The van der Waals surface area contributed by atoms with Gasteiger partial charge >= 0.3 is 5.97 Å². The normalized spacial score (nSPS) is 36.2. The fourth-order valence-corrected chi connectivity index (χ4v) is 3.27. The van der Waals surface area contributed by atoms with Gasteiger partial charge in [-0.2, -0.15) is 0 Å². The van der Waals surface area contributed by atoms with Crippen LogP contribution in [-0.2, 0) is 4.79 Å². The van der Waals surface area contributed by atoms with Crippen LogP contribution in [0.25, 0.3) is 0 Å². The molecule has 3 N–H and O–H groups in total. The van der Waals surface area contributed by atoms with Crippen molar-refractivity contribution >= 4 is 5.97 Å². The highest BCUT2D eigenvalue weighted by Gasteiger charge is 2.42. The van der Waals surface area contributed by atoms with E-state index in [0.717, 1.165) is 19.0 Å². The molecule has 0 spiro atoms. The van der Waals surface area contributed by atoms with Crippen molar-refractivity contribution in [3.63, 3.8) is 0 Å². The summed E-state index contributed by atoms with van der Waals surface area (Å²) in [7, 11) is 0. The molecule has 0 aromatic heterocycles. The van der Waals surface area contributed by atoms with Gasteiger partial charge in [-0.05, 0) is 31.1 Å². The molecule has 2 fully saturated rings. The van der Waals surface area contributed by atoms with Gasteiger partial charge in [0.15, 0.2) is 0 Å². The average Bonchev–Trinajstić information content (AvgIpc) is 2.18. The van der Waals surface area contributed by atoms with E-state index in [0.29, 0.717) is 12.0 Å². The monoisotopic (exact) mass is 240 g/mol. The van der Waals surface area contributed by atoms with E-state index in [2.05, 4.69) is 24.5 Å². The molecule has 0 aromatic rings. The summed E-state index contributed by atoms with van der Waals surface area (Å²) in [6, 6.07) is 0.493. The molecular formula is C13H24N2O2. The largest absolute Gasteiger partial charge is 0.481 e. The smallest absolute Gasteiger partial charge is 0.305 e. The standard InChI is InChI=1S/C13H24N2O2/c1-9-3-4-11(10(2)5-9)15-13(6-12(16)17)7-14-8-13/h9-11,14-15H,3-8H2,1-2H3,(H,16,17). The summed E-state index contributed by atoms with van der Waals surface area (Å²) < 4.78 is 0. The Balaban J connectivity index is 1.92. The van der Waals surface area contributed by atoms with Gasteiger partial charge < -0.3 is 15.7 Å². The summed E-state index contributed by atoms with van der Waals surface area (Å²) in [6.45, 7) is 6.18. The van der Waals surface area contributed by atoms with Crippen LogP contribution >= 0.6 is 0 Å². The highest BCUT2D eigenvalue weighted by atomic mass is 16.4. The Labute approximate surface area is 103 Å². The van der Waals surface area contributed by atoms with Crippen LogP contribution in [0.4, 0.5) is 0 Å². The lowest BCUT2D eigenvalue weighted by molar-refractivity contribution is -0.139. The number of aliphatic carboxylic acids is 1. The second-order valence-corrected chi connectivity index (χ2v) is 6.10. The minimum Gasteiger partial charge on any atom is -0.481 e. The molecule has 0 bridgehead atoms. The highest BCUT2D eigenvalue weighted by molar-refractivity contribution is 5.68. The molecular weight excluding hydrogens is 216 g/mol. The Hall–Kier alpha value is -0.610. The third-order valence-corrected chi connectivity index (χ3v) is 4.34. The molecule has 1 aliphatic heterocycles. The molecule has 17 heavy (non-hydrogen) atoms. The number of hydrogen-bond donors (Lipinski definition) is 3. The van der Waals surface area contributed by atoms with Crippen molar-refractivity contribution in [3.8, 4) is 0 Å². The first-order valence-corrected chi connectivity index (χ1v) is 6.71. The number of nitrogens with one attached hydrogen (secondary N) is 2. The minimum atomic E-state index is -0.698. The van der Waals surface area contributed by atoms with E-state index in [4.69, 9.17) is 5.11 Å². The SMILES string of the molecule is CC1CCC(NC2(CC(=O)O)CNC2)C(C)C1. The number of carboxylic acid groups (broad SMARTS) is 1. The van der Waals surface area contributed by atoms with Crippen molar-refractivity contribution in [3.05, 3.63) is 0 Å². The molecule has 4 nitrogen and oxygen atoms in total. The number of carbonyl (C=O) groups is 1. The second-order valence-electron chi connectivity index (χ2n) is 6.10. The quantitative estimate of drug-likeness (QED) is 0.691. The van der Waals surface area contributed by atoms with E-state index in [1.807, 2.05) is 0 Å². The summed E-state index contributed by atoms with van der Waals surface area (Å²) >= 11 is 0. The van der Waals surface area contributed by atoms with Crippen molar-refractivity contribution in [1.29, 1.82) is 0 Å². The predicted molar refractivity (Wildman–Crippen MR) is 67.0 cm³/mol. The van der Waals surface area contributed by atoms with Gasteiger partial charge in [0.2, 0.25) is 0 Å².